The van der Waals surface area contributed by atoms with Gasteiger partial charge in [0.2, 0.25) is 0 Å². The Bertz CT molecular complexity index is 331. The van der Waals surface area contributed by atoms with Crippen LogP contribution >= 0.6 is 15.9 Å². The summed E-state index contributed by atoms with van der Waals surface area (Å²) in [4.78, 5) is 0. The van der Waals surface area contributed by atoms with Crippen molar-refractivity contribution >= 4 is 15.9 Å². The molecule has 1 N–H and O–H groups in total. The summed E-state index contributed by atoms with van der Waals surface area (Å²) < 4.78 is 25.8. The van der Waals surface area contributed by atoms with Crippen LogP contribution in [0, 0.1) is 11.6 Å². The zero-order chi connectivity index (χ0) is 10.2. The van der Waals surface area contributed by atoms with Crippen molar-refractivity contribution in [1.29, 1.82) is 0 Å². The van der Waals surface area contributed by atoms with Crippen LogP contribution < -0.4 is 0 Å². The van der Waals surface area contributed by atoms with Gasteiger partial charge in [-0.25, -0.2) is 8.78 Å². The van der Waals surface area contributed by atoms with Crippen molar-refractivity contribution in [3.63, 3.8) is 0 Å². The zero-order valence-electron chi connectivity index (χ0n) is 7.24. The highest BCUT2D eigenvalue weighted by atomic mass is 79.9. The molecule has 1 aromatic rings. The van der Waals surface area contributed by atoms with Crippen LogP contribution in [0.2, 0.25) is 0 Å². The molecule has 0 unspecified atom stereocenters. The molecule has 0 atom stereocenters. The van der Waals surface area contributed by atoms with Crippen molar-refractivity contribution in [2.75, 3.05) is 0 Å². The third-order valence-electron chi connectivity index (χ3n) is 1.67. The van der Waals surface area contributed by atoms with Gasteiger partial charge in [0.1, 0.15) is 0 Å². The van der Waals surface area contributed by atoms with Crippen LogP contribution in [0.1, 0.15) is 19.4 Å². The van der Waals surface area contributed by atoms with Gasteiger partial charge in [-0.05, 0) is 26.0 Å². The molecule has 0 amide bonds. The second kappa shape index (κ2) is 3.35. The van der Waals surface area contributed by atoms with Crippen LogP contribution in [0.3, 0.4) is 0 Å². The van der Waals surface area contributed by atoms with Crippen molar-refractivity contribution in [2.24, 2.45) is 0 Å². The molecule has 0 heterocycles. The van der Waals surface area contributed by atoms with Crippen molar-refractivity contribution in [3.8, 4) is 0 Å². The first-order valence-electron chi connectivity index (χ1n) is 3.70. The van der Waals surface area contributed by atoms with E-state index in [1.807, 2.05) is 0 Å². The first kappa shape index (κ1) is 10.6. The molecule has 0 aliphatic heterocycles. The average Bonchev–Trinajstić information content (AvgIpc) is 1.94. The number of halogens is 3. The lowest BCUT2D eigenvalue weighted by Gasteiger charge is -2.19. The molecule has 1 nitrogen and oxygen atoms in total. The first-order valence-corrected chi connectivity index (χ1v) is 4.49. The number of rotatable bonds is 1. The maximum atomic E-state index is 12.8. The van der Waals surface area contributed by atoms with Crippen molar-refractivity contribution < 1.29 is 13.9 Å². The largest absolute Gasteiger partial charge is 0.386 e. The quantitative estimate of drug-likeness (QED) is 0.761. The van der Waals surface area contributed by atoms with E-state index >= 15 is 0 Å². The van der Waals surface area contributed by atoms with Crippen molar-refractivity contribution in [3.05, 3.63) is 33.8 Å². The third kappa shape index (κ3) is 2.25. The molecule has 0 bridgehead atoms. The van der Waals surface area contributed by atoms with Crippen LogP contribution in [-0.2, 0) is 5.60 Å². The van der Waals surface area contributed by atoms with Crippen molar-refractivity contribution in [1.82, 2.24) is 0 Å². The van der Waals surface area contributed by atoms with Crippen LogP contribution in [0.4, 0.5) is 8.78 Å². The maximum absolute atomic E-state index is 12.8. The van der Waals surface area contributed by atoms with Gasteiger partial charge in [0.15, 0.2) is 11.6 Å². The van der Waals surface area contributed by atoms with Gasteiger partial charge in [-0.3, -0.25) is 0 Å². The summed E-state index contributed by atoms with van der Waals surface area (Å²) >= 11 is 3.05. The molecule has 0 fully saturated rings. The number of hydrogen-bond donors (Lipinski definition) is 1. The second-order valence-corrected chi connectivity index (χ2v) is 4.16. The smallest absolute Gasteiger partial charge is 0.159 e. The molecule has 0 aromatic heterocycles. The summed E-state index contributed by atoms with van der Waals surface area (Å²) in [5, 5.41) is 9.57. The number of hydrogen-bond acceptors (Lipinski definition) is 1. The molecule has 0 saturated heterocycles. The van der Waals surface area contributed by atoms with E-state index in [0.29, 0.717) is 10.0 Å². The fraction of sp³-hybridized carbons (Fsp3) is 0.333. The van der Waals surface area contributed by atoms with E-state index < -0.39 is 17.2 Å². The molecular weight excluding hydrogens is 242 g/mol. The Morgan fingerprint density at radius 1 is 1.23 bits per heavy atom. The molecule has 1 aromatic carbocycles. The SMILES string of the molecule is CC(C)(O)c1cc(F)c(F)cc1Br. The van der Waals surface area contributed by atoms with E-state index in [9.17, 15) is 13.9 Å². The lowest BCUT2D eigenvalue weighted by Crippen LogP contribution is -2.16. The van der Waals surface area contributed by atoms with Gasteiger partial charge in [0.05, 0.1) is 5.60 Å². The topological polar surface area (TPSA) is 20.2 Å². The van der Waals surface area contributed by atoms with E-state index in [1.54, 1.807) is 0 Å². The zero-order valence-corrected chi connectivity index (χ0v) is 8.82. The van der Waals surface area contributed by atoms with Gasteiger partial charge in [-0.1, -0.05) is 15.9 Å². The predicted molar refractivity (Wildman–Crippen MR) is 49.3 cm³/mol. The Labute approximate surface area is 83.5 Å². The highest BCUT2D eigenvalue weighted by Crippen LogP contribution is 2.29. The Kier molecular flexibility index (Phi) is 2.73. The first-order chi connectivity index (χ1) is 5.82. The molecule has 1 rings (SSSR count). The van der Waals surface area contributed by atoms with Crippen molar-refractivity contribution in [2.45, 2.75) is 19.4 Å². The minimum atomic E-state index is -1.19. The van der Waals surface area contributed by atoms with Gasteiger partial charge in [0.25, 0.3) is 0 Å². The molecule has 0 saturated carbocycles. The number of aliphatic hydroxyl groups is 1. The van der Waals surface area contributed by atoms with Gasteiger partial charge in [0, 0.05) is 10.0 Å². The molecule has 0 spiro atoms. The monoisotopic (exact) mass is 250 g/mol. The third-order valence-corrected chi connectivity index (χ3v) is 2.33. The van der Waals surface area contributed by atoms with E-state index in [-0.39, 0.29) is 0 Å². The van der Waals surface area contributed by atoms with Gasteiger partial charge < -0.3 is 5.11 Å². The Morgan fingerprint density at radius 3 is 2.15 bits per heavy atom. The molecule has 4 heteroatoms. The van der Waals surface area contributed by atoms with Gasteiger partial charge in [-0.2, -0.15) is 0 Å². The Balaban J connectivity index is 3.32. The fourth-order valence-corrected chi connectivity index (χ4v) is 1.79. The fourth-order valence-electron chi connectivity index (χ4n) is 0.991. The van der Waals surface area contributed by atoms with Gasteiger partial charge in [-0.15, -0.1) is 0 Å². The molecule has 72 valence electrons. The van der Waals surface area contributed by atoms with Gasteiger partial charge >= 0.3 is 0 Å². The molecule has 13 heavy (non-hydrogen) atoms. The van der Waals surface area contributed by atoms with E-state index in [0.717, 1.165) is 12.1 Å². The summed E-state index contributed by atoms with van der Waals surface area (Å²) in [6.45, 7) is 3.01. The van der Waals surface area contributed by atoms with E-state index in [1.165, 1.54) is 13.8 Å². The van der Waals surface area contributed by atoms with E-state index in [2.05, 4.69) is 15.9 Å². The normalized spacial score (nSPS) is 11.8. The average molecular weight is 251 g/mol. The summed E-state index contributed by atoms with van der Waals surface area (Å²) in [6, 6.07) is 1.99. The summed E-state index contributed by atoms with van der Waals surface area (Å²) in [5.41, 5.74) is -0.862. The Morgan fingerprint density at radius 2 is 1.69 bits per heavy atom. The van der Waals surface area contributed by atoms with Crippen LogP contribution in [0.25, 0.3) is 0 Å². The van der Waals surface area contributed by atoms with Crippen LogP contribution in [0.5, 0.6) is 0 Å². The maximum Gasteiger partial charge on any atom is 0.159 e. The molecular formula is C9H9BrF2O. The highest BCUT2D eigenvalue weighted by molar-refractivity contribution is 9.10. The molecule has 0 aliphatic carbocycles. The predicted octanol–water partition coefficient (Wildman–Crippen LogP) is 2.95. The highest BCUT2D eigenvalue weighted by Gasteiger charge is 2.21. The minimum Gasteiger partial charge on any atom is -0.386 e. The van der Waals surface area contributed by atoms with Crippen LogP contribution in [0.15, 0.2) is 16.6 Å². The standard InChI is InChI=1S/C9H9BrF2O/c1-9(2,13)5-3-7(11)8(12)4-6(5)10/h3-4,13H,1-2H3. The van der Waals surface area contributed by atoms with Crippen LogP contribution in [-0.4, -0.2) is 5.11 Å². The summed E-state index contributed by atoms with van der Waals surface area (Å²) in [6.07, 6.45) is 0. The second-order valence-electron chi connectivity index (χ2n) is 3.31. The minimum absolute atomic E-state index is 0.325. The summed E-state index contributed by atoms with van der Waals surface area (Å²) in [7, 11) is 0. The van der Waals surface area contributed by atoms with E-state index in [4.69, 9.17) is 0 Å². The lowest BCUT2D eigenvalue weighted by molar-refractivity contribution is 0.0773. The lowest BCUT2D eigenvalue weighted by atomic mass is 9.98. The Hall–Kier alpha value is -0.480. The summed E-state index contributed by atoms with van der Waals surface area (Å²) in [5.74, 6) is -1.89. The molecule has 0 radical (unpaired) electrons. The molecule has 0 aliphatic rings. The number of benzene rings is 1.